The van der Waals surface area contributed by atoms with E-state index in [1.807, 2.05) is 19.3 Å². The Hall–Kier alpha value is -2.21. The van der Waals surface area contributed by atoms with Gasteiger partial charge in [-0.05, 0) is 45.0 Å². The van der Waals surface area contributed by atoms with Crippen molar-refractivity contribution in [1.82, 2.24) is 24.8 Å². The predicted molar refractivity (Wildman–Crippen MR) is 88.8 cm³/mol. The molecule has 23 heavy (non-hydrogen) atoms. The van der Waals surface area contributed by atoms with E-state index in [1.54, 1.807) is 6.07 Å². The Morgan fingerprint density at radius 1 is 1.39 bits per heavy atom. The highest BCUT2D eigenvalue weighted by molar-refractivity contribution is 5.74. The Morgan fingerprint density at radius 3 is 3.04 bits per heavy atom. The van der Waals surface area contributed by atoms with Crippen LogP contribution >= 0.6 is 0 Å². The van der Waals surface area contributed by atoms with Gasteiger partial charge in [-0.2, -0.15) is 0 Å². The second-order valence-electron chi connectivity index (χ2n) is 5.93. The molecule has 1 aromatic carbocycles. The maximum atomic E-state index is 13.2. The molecule has 0 radical (unpaired) electrons. The van der Waals surface area contributed by atoms with Crippen LogP contribution in [0, 0.1) is 12.7 Å². The van der Waals surface area contributed by atoms with Gasteiger partial charge in [-0.15, -0.1) is 0 Å². The second kappa shape index (κ2) is 6.91. The molecule has 6 heteroatoms. The van der Waals surface area contributed by atoms with E-state index in [9.17, 15) is 4.39 Å². The number of rotatable bonds is 7. The molecule has 0 aliphatic heterocycles. The fourth-order valence-electron chi connectivity index (χ4n) is 2.71. The molecular weight excluding hydrogens is 293 g/mol. The molecule has 0 amide bonds. The van der Waals surface area contributed by atoms with Crippen LogP contribution in [-0.2, 0) is 13.0 Å². The summed E-state index contributed by atoms with van der Waals surface area (Å²) in [6.45, 7) is 6.01. The van der Waals surface area contributed by atoms with E-state index in [-0.39, 0.29) is 5.82 Å². The van der Waals surface area contributed by atoms with Gasteiger partial charge in [0.1, 0.15) is 17.5 Å². The second-order valence-corrected chi connectivity index (χ2v) is 5.93. The monoisotopic (exact) mass is 315 g/mol. The van der Waals surface area contributed by atoms with Crippen LogP contribution in [0.15, 0.2) is 30.6 Å². The van der Waals surface area contributed by atoms with Crippen molar-refractivity contribution in [2.24, 2.45) is 0 Å². The molecule has 0 aliphatic rings. The Balaban J connectivity index is 1.44. The third-order valence-electron chi connectivity index (χ3n) is 3.97. The normalized spacial score (nSPS) is 12.8. The Labute approximate surface area is 135 Å². The molecule has 122 valence electrons. The van der Waals surface area contributed by atoms with Gasteiger partial charge in [-0.3, -0.25) is 0 Å². The highest BCUT2D eigenvalue weighted by atomic mass is 19.1. The molecule has 0 spiro atoms. The van der Waals surface area contributed by atoms with Crippen LogP contribution in [0.4, 0.5) is 4.39 Å². The number of imidazole rings is 2. The standard InChI is InChI=1S/C17H22FN5/c1-12(11-23-9-8-20-13(23)2)19-7-3-4-17-21-15-6-5-14(18)10-16(15)22-17/h5-6,8-10,12,19H,3-4,7,11H2,1-2H3,(H,21,22). The highest BCUT2D eigenvalue weighted by Gasteiger charge is 2.06. The van der Waals surface area contributed by atoms with Gasteiger partial charge >= 0.3 is 0 Å². The molecule has 0 bridgehead atoms. The van der Waals surface area contributed by atoms with Crippen LogP contribution in [-0.4, -0.2) is 32.1 Å². The van der Waals surface area contributed by atoms with Gasteiger partial charge < -0.3 is 14.9 Å². The van der Waals surface area contributed by atoms with E-state index in [2.05, 4.69) is 31.8 Å². The summed E-state index contributed by atoms with van der Waals surface area (Å²) in [7, 11) is 0. The van der Waals surface area contributed by atoms with Crippen molar-refractivity contribution < 1.29 is 4.39 Å². The largest absolute Gasteiger partial charge is 0.342 e. The van der Waals surface area contributed by atoms with Crippen LogP contribution < -0.4 is 5.32 Å². The number of nitrogens with one attached hydrogen (secondary N) is 2. The Bertz CT molecular complexity index is 776. The van der Waals surface area contributed by atoms with Crippen molar-refractivity contribution in [3.63, 3.8) is 0 Å². The van der Waals surface area contributed by atoms with Crippen molar-refractivity contribution >= 4 is 11.0 Å². The number of hydrogen-bond acceptors (Lipinski definition) is 3. The molecule has 0 saturated carbocycles. The lowest BCUT2D eigenvalue weighted by molar-refractivity contribution is 0.466. The maximum Gasteiger partial charge on any atom is 0.125 e. The quantitative estimate of drug-likeness (QED) is 0.659. The van der Waals surface area contributed by atoms with Gasteiger partial charge in [0.15, 0.2) is 0 Å². The lowest BCUT2D eigenvalue weighted by Crippen LogP contribution is -2.31. The van der Waals surface area contributed by atoms with E-state index >= 15 is 0 Å². The molecule has 0 saturated heterocycles. The third kappa shape index (κ3) is 3.96. The van der Waals surface area contributed by atoms with Crippen molar-refractivity contribution in [1.29, 1.82) is 0 Å². The molecule has 1 atom stereocenters. The fraction of sp³-hybridized carbons (Fsp3) is 0.412. The van der Waals surface area contributed by atoms with Gasteiger partial charge in [0.25, 0.3) is 0 Å². The maximum absolute atomic E-state index is 13.2. The average molecular weight is 315 g/mol. The van der Waals surface area contributed by atoms with E-state index in [0.29, 0.717) is 6.04 Å². The van der Waals surface area contributed by atoms with E-state index < -0.39 is 0 Å². The summed E-state index contributed by atoms with van der Waals surface area (Å²) in [5.74, 6) is 1.71. The zero-order chi connectivity index (χ0) is 16.2. The number of halogens is 1. The Morgan fingerprint density at radius 2 is 2.26 bits per heavy atom. The SMILES string of the molecule is Cc1nccn1CC(C)NCCCc1nc2ccc(F)cc2[nH]1. The minimum atomic E-state index is -0.238. The lowest BCUT2D eigenvalue weighted by Gasteiger charge is -2.15. The molecule has 3 aromatic rings. The first-order valence-corrected chi connectivity index (χ1v) is 7.97. The van der Waals surface area contributed by atoms with E-state index in [4.69, 9.17) is 0 Å². The number of benzene rings is 1. The number of aromatic nitrogens is 4. The van der Waals surface area contributed by atoms with E-state index in [0.717, 1.165) is 48.6 Å². The predicted octanol–water partition coefficient (Wildman–Crippen LogP) is 2.82. The summed E-state index contributed by atoms with van der Waals surface area (Å²) in [6, 6.07) is 5.01. The Kier molecular flexibility index (Phi) is 4.71. The summed E-state index contributed by atoms with van der Waals surface area (Å²) in [5, 5.41) is 3.51. The summed E-state index contributed by atoms with van der Waals surface area (Å²) < 4.78 is 15.3. The molecule has 1 unspecified atom stereocenters. The molecule has 0 fully saturated rings. The number of aromatic amines is 1. The van der Waals surface area contributed by atoms with Crippen molar-refractivity contribution in [2.45, 2.75) is 39.3 Å². The summed E-state index contributed by atoms with van der Waals surface area (Å²) in [5.41, 5.74) is 1.58. The lowest BCUT2D eigenvalue weighted by atomic mass is 10.2. The first kappa shape index (κ1) is 15.7. The van der Waals surface area contributed by atoms with Crippen LogP contribution in [0.5, 0.6) is 0 Å². The molecular formula is C17H22FN5. The van der Waals surface area contributed by atoms with Crippen LogP contribution in [0.25, 0.3) is 11.0 Å². The molecule has 0 aliphatic carbocycles. The zero-order valence-electron chi connectivity index (χ0n) is 13.5. The molecule has 2 heterocycles. The minimum absolute atomic E-state index is 0.238. The van der Waals surface area contributed by atoms with Gasteiger partial charge in [0.2, 0.25) is 0 Å². The highest BCUT2D eigenvalue weighted by Crippen LogP contribution is 2.13. The minimum Gasteiger partial charge on any atom is -0.342 e. The summed E-state index contributed by atoms with van der Waals surface area (Å²) in [4.78, 5) is 11.9. The smallest absolute Gasteiger partial charge is 0.125 e. The first-order chi connectivity index (χ1) is 11.1. The number of aryl methyl sites for hydroxylation is 2. The first-order valence-electron chi connectivity index (χ1n) is 7.97. The molecule has 2 aromatic heterocycles. The van der Waals surface area contributed by atoms with Gasteiger partial charge in [0.05, 0.1) is 11.0 Å². The van der Waals surface area contributed by atoms with Gasteiger partial charge in [0, 0.05) is 31.4 Å². The van der Waals surface area contributed by atoms with Crippen molar-refractivity contribution in [2.75, 3.05) is 6.54 Å². The van der Waals surface area contributed by atoms with Crippen molar-refractivity contribution in [3.8, 4) is 0 Å². The number of fused-ring (bicyclic) bond motifs is 1. The fourth-order valence-corrected chi connectivity index (χ4v) is 2.71. The van der Waals surface area contributed by atoms with Gasteiger partial charge in [-0.1, -0.05) is 0 Å². The van der Waals surface area contributed by atoms with Crippen LogP contribution in [0.1, 0.15) is 25.0 Å². The third-order valence-corrected chi connectivity index (χ3v) is 3.97. The van der Waals surface area contributed by atoms with Crippen LogP contribution in [0.2, 0.25) is 0 Å². The van der Waals surface area contributed by atoms with Crippen molar-refractivity contribution in [3.05, 3.63) is 48.1 Å². The molecule has 5 nitrogen and oxygen atoms in total. The zero-order valence-corrected chi connectivity index (χ0v) is 13.5. The molecule has 3 rings (SSSR count). The number of hydrogen-bond donors (Lipinski definition) is 2. The van der Waals surface area contributed by atoms with Gasteiger partial charge in [-0.25, -0.2) is 14.4 Å². The average Bonchev–Trinajstić information content (AvgIpc) is 3.09. The topological polar surface area (TPSA) is 58.5 Å². The summed E-state index contributed by atoms with van der Waals surface area (Å²) >= 11 is 0. The molecule has 2 N–H and O–H groups in total. The number of nitrogens with zero attached hydrogens (tertiary/aromatic N) is 3. The van der Waals surface area contributed by atoms with Crippen LogP contribution in [0.3, 0.4) is 0 Å². The summed E-state index contributed by atoms with van der Waals surface area (Å²) in [6.07, 6.45) is 5.66. The van der Waals surface area contributed by atoms with E-state index in [1.165, 1.54) is 12.1 Å². The number of H-pyrrole nitrogens is 1.